The lowest BCUT2D eigenvalue weighted by Gasteiger charge is -2.28. The minimum Gasteiger partial charge on any atom is -0.489 e. The Labute approximate surface area is 127 Å². The molecule has 21 heavy (non-hydrogen) atoms. The average Bonchev–Trinajstić information content (AvgIpc) is 2.91. The van der Waals surface area contributed by atoms with Crippen LogP contribution in [-0.4, -0.2) is 24.7 Å². The molecular formula is C18H26N2O. The van der Waals surface area contributed by atoms with E-state index in [1.807, 2.05) is 0 Å². The summed E-state index contributed by atoms with van der Waals surface area (Å²) >= 11 is 0. The number of aromatic nitrogens is 1. The van der Waals surface area contributed by atoms with Crippen LogP contribution in [0.4, 0.5) is 5.82 Å². The first-order valence-electron chi connectivity index (χ1n) is 8.38. The lowest BCUT2D eigenvalue weighted by atomic mass is 10.1. The molecule has 1 aromatic carbocycles. The second kappa shape index (κ2) is 6.88. The minimum atomic E-state index is 0.816. The number of piperidine rings is 1. The van der Waals surface area contributed by atoms with Gasteiger partial charge in [-0.25, -0.2) is 0 Å². The summed E-state index contributed by atoms with van der Waals surface area (Å²) in [7, 11) is 0. The smallest absolute Gasteiger partial charge is 0.169 e. The van der Waals surface area contributed by atoms with Gasteiger partial charge in [-0.1, -0.05) is 31.9 Å². The quantitative estimate of drug-likeness (QED) is 0.778. The molecule has 1 fully saturated rings. The zero-order valence-electron chi connectivity index (χ0n) is 13.0. The topological polar surface area (TPSA) is 28.3 Å². The standard InChI is InChI=1S/C18H26N2O/c1-2-3-9-14-21-17-15-10-5-6-11-16(15)19-18(17)20-12-7-4-8-13-20/h5-6,10-11,19H,2-4,7-9,12-14H2,1H3. The second-order valence-electron chi connectivity index (χ2n) is 5.95. The lowest BCUT2D eigenvalue weighted by Crippen LogP contribution is -2.30. The SMILES string of the molecule is CCCCCOc1c(N2CCCCC2)[nH]c2ccccc12. The summed E-state index contributed by atoms with van der Waals surface area (Å²) in [5.41, 5.74) is 1.18. The third-order valence-electron chi connectivity index (χ3n) is 4.31. The summed E-state index contributed by atoms with van der Waals surface area (Å²) < 4.78 is 6.17. The van der Waals surface area contributed by atoms with Crippen LogP contribution in [0.25, 0.3) is 10.9 Å². The fourth-order valence-electron chi connectivity index (χ4n) is 3.11. The highest BCUT2D eigenvalue weighted by molar-refractivity contribution is 5.92. The molecule has 0 amide bonds. The molecule has 2 aromatic rings. The summed E-state index contributed by atoms with van der Waals surface area (Å²) in [6.45, 7) is 5.32. The molecule has 0 radical (unpaired) electrons. The van der Waals surface area contributed by atoms with E-state index < -0.39 is 0 Å². The predicted molar refractivity (Wildman–Crippen MR) is 89.4 cm³/mol. The van der Waals surface area contributed by atoms with Crippen LogP contribution in [-0.2, 0) is 0 Å². The number of unbranched alkanes of at least 4 members (excludes halogenated alkanes) is 2. The Balaban J connectivity index is 1.86. The monoisotopic (exact) mass is 286 g/mol. The van der Waals surface area contributed by atoms with E-state index >= 15 is 0 Å². The van der Waals surface area contributed by atoms with Crippen LogP contribution >= 0.6 is 0 Å². The Bertz CT molecular complexity index is 570. The van der Waals surface area contributed by atoms with Crippen LogP contribution in [0.1, 0.15) is 45.4 Å². The number of nitrogens with zero attached hydrogens (tertiary/aromatic N) is 1. The molecule has 0 saturated carbocycles. The first-order valence-corrected chi connectivity index (χ1v) is 8.38. The number of hydrogen-bond acceptors (Lipinski definition) is 2. The van der Waals surface area contributed by atoms with Gasteiger partial charge in [0.1, 0.15) is 5.82 Å². The van der Waals surface area contributed by atoms with Gasteiger partial charge in [-0.15, -0.1) is 0 Å². The van der Waals surface area contributed by atoms with E-state index in [0.29, 0.717) is 0 Å². The number of fused-ring (bicyclic) bond motifs is 1. The highest BCUT2D eigenvalue weighted by atomic mass is 16.5. The molecule has 0 aliphatic carbocycles. The molecule has 114 valence electrons. The van der Waals surface area contributed by atoms with Crippen molar-refractivity contribution in [3.8, 4) is 5.75 Å². The largest absolute Gasteiger partial charge is 0.489 e. The number of ether oxygens (including phenoxy) is 1. The van der Waals surface area contributed by atoms with Crippen molar-refractivity contribution >= 4 is 16.7 Å². The van der Waals surface area contributed by atoms with E-state index in [9.17, 15) is 0 Å². The maximum atomic E-state index is 6.17. The van der Waals surface area contributed by atoms with E-state index in [0.717, 1.165) is 31.9 Å². The molecule has 0 unspecified atom stereocenters. The number of H-pyrrole nitrogens is 1. The molecule has 1 N–H and O–H groups in total. The number of benzene rings is 1. The van der Waals surface area contributed by atoms with Crippen LogP contribution in [0.2, 0.25) is 0 Å². The molecule has 3 rings (SSSR count). The molecule has 1 aliphatic rings. The van der Waals surface area contributed by atoms with Gasteiger partial charge in [0, 0.05) is 18.5 Å². The molecule has 3 heteroatoms. The van der Waals surface area contributed by atoms with Crippen molar-refractivity contribution in [2.24, 2.45) is 0 Å². The van der Waals surface area contributed by atoms with Gasteiger partial charge < -0.3 is 14.6 Å². The van der Waals surface area contributed by atoms with Gasteiger partial charge in [0.05, 0.1) is 12.1 Å². The molecule has 1 aliphatic heterocycles. The van der Waals surface area contributed by atoms with Gasteiger partial charge in [0.15, 0.2) is 5.75 Å². The van der Waals surface area contributed by atoms with Gasteiger partial charge in [-0.05, 0) is 37.8 Å². The maximum absolute atomic E-state index is 6.17. The second-order valence-corrected chi connectivity index (χ2v) is 5.95. The van der Waals surface area contributed by atoms with Gasteiger partial charge in [0.2, 0.25) is 0 Å². The normalized spacial score (nSPS) is 15.6. The van der Waals surface area contributed by atoms with E-state index in [-0.39, 0.29) is 0 Å². The first-order chi connectivity index (χ1) is 10.4. The molecule has 0 bridgehead atoms. The Morgan fingerprint density at radius 1 is 1.10 bits per heavy atom. The Morgan fingerprint density at radius 3 is 2.71 bits per heavy atom. The van der Waals surface area contributed by atoms with Crippen LogP contribution in [0.15, 0.2) is 24.3 Å². The molecule has 0 atom stereocenters. The van der Waals surface area contributed by atoms with Crippen molar-refractivity contribution in [2.75, 3.05) is 24.6 Å². The summed E-state index contributed by atoms with van der Waals surface area (Å²) in [5.74, 6) is 2.25. The number of rotatable bonds is 6. The number of para-hydroxylation sites is 1. The highest BCUT2D eigenvalue weighted by Crippen LogP contribution is 2.37. The highest BCUT2D eigenvalue weighted by Gasteiger charge is 2.20. The lowest BCUT2D eigenvalue weighted by molar-refractivity contribution is 0.309. The molecule has 3 nitrogen and oxygen atoms in total. The van der Waals surface area contributed by atoms with Crippen LogP contribution in [0.3, 0.4) is 0 Å². The van der Waals surface area contributed by atoms with Gasteiger partial charge in [-0.3, -0.25) is 0 Å². The van der Waals surface area contributed by atoms with E-state index in [4.69, 9.17) is 4.74 Å². The van der Waals surface area contributed by atoms with Crippen LogP contribution < -0.4 is 9.64 Å². The fourth-order valence-corrected chi connectivity index (χ4v) is 3.11. The van der Waals surface area contributed by atoms with Crippen molar-refractivity contribution in [3.63, 3.8) is 0 Å². The number of nitrogens with one attached hydrogen (secondary N) is 1. The zero-order chi connectivity index (χ0) is 14.5. The molecule has 1 saturated heterocycles. The molecule has 2 heterocycles. The van der Waals surface area contributed by atoms with Gasteiger partial charge in [-0.2, -0.15) is 0 Å². The zero-order valence-corrected chi connectivity index (χ0v) is 13.0. The van der Waals surface area contributed by atoms with Crippen molar-refractivity contribution in [1.82, 2.24) is 4.98 Å². The van der Waals surface area contributed by atoms with Crippen molar-refractivity contribution in [2.45, 2.75) is 45.4 Å². The Hall–Kier alpha value is -1.64. The molecule has 1 aromatic heterocycles. The third kappa shape index (κ3) is 3.17. The maximum Gasteiger partial charge on any atom is 0.169 e. The third-order valence-corrected chi connectivity index (χ3v) is 4.31. The summed E-state index contributed by atoms with van der Waals surface area (Å²) in [4.78, 5) is 6.03. The first kappa shape index (κ1) is 14.3. The number of anilines is 1. The van der Waals surface area contributed by atoms with Crippen LogP contribution in [0, 0.1) is 0 Å². The van der Waals surface area contributed by atoms with Crippen molar-refractivity contribution < 1.29 is 4.74 Å². The minimum absolute atomic E-state index is 0.816. The van der Waals surface area contributed by atoms with Crippen molar-refractivity contribution in [1.29, 1.82) is 0 Å². The molecular weight excluding hydrogens is 260 g/mol. The van der Waals surface area contributed by atoms with E-state index in [1.165, 1.54) is 48.8 Å². The van der Waals surface area contributed by atoms with E-state index in [1.54, 1.807) is 0 Å². The van der Waals surface area contributed by atoms with E-state index in [2.05, 4.69) is 41.1 Å². The Kier molecular flexibility index (Phi) is 4.69. The predicted octanol–water partition coefficient (Wildman–Crippen LogP) is 4.73. The number of aromatic amines is 1. The van der Waals surface area contributed by atoms with Gasteiger partial charge in [0.25, 0.3) is 0 Å². The average molecular weight is 286 g/mol. The molecule has 0 spiro atoms. The van der Waals surface area contributed by atoms with Crippen molar-refractivity contribution in [3.05, 3.63) is 24.3 Å². The Morgan fingerprint density at radius 2 is 1.90 bits per heavy atom. The summed E-state index contributed by atoms with van der Waals surface area (Å²) in [6.07, 6.45) is 7.52. The van der Waals surface area contributed by atoms with Crippen LogP contribution in [0.5, 0.6) is 5.75 Å². The van der Waals surface area contributed by atoms with Gasteiger partial charge >= 0.3 is 0 Å². The number of hydrogen-bond donors (Lipinski definition) is 1. The fraction of sp³-hybridized carbons (Fsp3) is 0.556. The summed E-state index contributed by atoms with van der Waals surface area (Å²) in [5, 5.41) is 1.22. The summed E-state index contributed by atoms with van der Waals surface area (Å²) in [6, 6.07) is 8.48.